The van der Waals surface area contributed by atoms with Gasteiger partial charge in [-0.3, -0.25) is 4.90 Å². The van der Waals surface area contributed by atoms with E-state index in [1.54, 1.807) is 6.07 Å². The molecule has 4 nitrogen and oxygen atoms in total. The summed E-state index contributed by atoms with van der Waals surface area (Å²) in [6.07, 6.45) is 1.39. The van der Waals surface area contributed by atoms with Crippen LogP contribution in [0.2, 0.25) is 0 Å². The minimum Gasteiger partial charge on any atom is -0.507 e. The maximum atomic E-state index is 10.8. The number of phenols is 1. The Morgan fingerprint density at radius 2 is 1.44 bits per heavy atom. The molecule has 1 fully saturated rings. The first kappa shape index (κ1) is 24.1. The molecule has 0 aliphatic carbocycles. The number of phenolic OH excluding ortho intramolecular Hbond substituents is 1. The zero-order valence-electron chi connectivity index (χ0n) is 20.3. The molecule has 0 amide bonds. The normalized spacial score (nSPS) is 15.5. The summed E-state index contributed by atoms with van der Waals surface area (Å²) in [5.74, 6) is 0.267. The Kier molecular flexibility index (Phi) is 8.04. The fraction of sp³-hybridized carbons (Fsp3) is 0.333. The van der Waals surface area contributed by atoms with Crippen LogP contribution < -0.4 is 4.90 Å². The molecule has 0 unspecified atom stereocenters. The van der Waals surface area contributed by atoms with Crippen molar-refractivity contribution >= 4 is 16.8 Å². The summed E-state index contributed by atoms with van der Waals surface area (Å²) < 4.78 is 0. The lowest BCUT2D eigenvalue weighted by Crippen LogP contribution is -2.48. The van der Waals surface area contributed by atoms with Crippen molar-refractivity contribution in [1.29, 1.82) is 0 Å². The topological polar surface area (TPSA) is 46.9 Å². The van der Waals surface area contributed by atoms with Gasteiger partial charge < -0.3 is 15.1 Å². The van der Waals surface area contributed by atoms with E-state index < -0.39 is 0 Å². The van der Waals surface area contributed by atoms with Crippen LogP contribution in [0.25, 0.3) is 11.1 Å². The monoisotopic (exact) mass is 456 g/mol. The third-order valence-electron chi connectivity index (χ3n) is 6.75. The Bertz CT molecular complexity index is 1080. The van der Waals surface area contributed by atoms with Crippen LogP contribution in [0.4, 0.5) is 5.69 Å². The summed E-state index contributed by atoms with van der Waals surface area (Å²) in [6, 6.07) is 27.2. The SMILES string of the molecule is CC(C)N1CCN(c2ccc(/C(=C(/CCCO)c3ccccc3)c3ccccc3O)cc2)CC1. The number of rotatable bonds is 8. The number of benzene rings is 3. The molecule has 1 aliphatic rings. The van der Waals surface area contributed by atoms with Crippen LogP contribution in [-0.2, 0) is 0 Å². The molecule has 3 aromatic rings. The summed E-state index contributed by atoms with van der Waals surface area (Å²) in [4.78, 5) is 4.98. The molecule has 0 spiro atoms. The van der Waals surface area contributed by atoms with Crippen molar-refractivity contribution in [3.05, 3.63) is 95.6 Å². The quantitative estimate of drug-likeness (QED) is 0.430. The van der Waals surface area contributed by atoms with E-state index in [0.717, 1.165) is 60.4 Å². The standard InChI is InChI=1S/C30H36N2O2/c1-23(2)31-18-20-32(21-19-31)26-16-14-25(15-17-26)30(28-11-6-7-13-29(28)34)27(12-8-22-33)24-9-4-3-5-10-24/h3-7,9-11,13-17,23,33-34H,8,12,18-22H2,1-2H3/b30-27+. The van der Waals surface area contributed by atoms with Crippen LogP contribution in [0.1, 0.15) is 43.4 Å². The van der Waals surface area contributed by atoms with Gasteiger partial charge in [-0.1, -0.05) is 60.7 Å². The molecule has 3 aromatic carbocycles. The minimum atomic E-state index is 0.131. The highest BCUT2D eigenvalue weighted by Gasteiger charge is 2.20. The third kappa shape index (κ3) is 5.52. The summed E-state index contributed by atoms with van der Waals surface area (Å²) in [5.41, 5.74) is 6.40. The van der Waals surface area contributed by atoms with Gasteiger partial charge in [-0.15, -0.1) is 0 Å². The third-order valence-corrected chi connectivity index (χ3v) is 6.75. The number of allylic oxidation sites excluding steroid dienone is 1. The largest absolute Gasteiger partial charge is 0.507 e. The summed E-state index contributed by atoms with van der Waals surface area (Å²) >= 11 is 0. The summed E-state index contributed by atoms with van der Waals surface area (Å²) in [5, 5.41) is 20.4. The molecule has 0 aromatic heterocycles. The van der Waals surface area contributed by atoms with Crippen LogP contribution in [0.5, 0.6) is 5.75 Å². The highest BCUT2D eigenvalue weighted by Crippen LogP contribution is 2.39. The molecule has 1 aliphatic heterocycles. The predicted molar refractivity (Wildman–Crippen MR) is 142 cm³/mol. The van der Waals surface area contributed by atoms with Gasteiger partial charge in [-0.25, -0.2) is 0 Å². The van der Waals surface area contributed by atoms with Crippen LogP contribution >= 0.6 is 0 Å². The van der Waals surface area contributed by atoms with Crippen LogP contribution in [0.3, 0.4) is 0 Å². The first-order valence-corrected chi connectivity index (χ1v) is 12.4. The number of para-hydroxylation sites is 1. The predicted octanol–water partition coefficient (Wildman–Crippen LogP) is 5.65. The van der Waals surface area contributed by atoms with E-state index in [-0.39, 0.29) is 12.4 Å². The molecule has 4 rings (SSSR count). The number of aromatic hydroxyl groups is 1. The van der Waals surface area contributed by atoms with E-state index >= 15 is 0 Å². The number of piperazine rings is 1. The fourth-order valence-electron chi connectivity index (χ4n) is 4.82. The van der Waals surface area contributed by atoms with Crippen molar-refractivity contribution < 1.29 is 10.2 Å². The zero-order chi connectivity index (χ0) is 23.9. The molecule has 0 bridgehead atoms. The second kappa shape index (κ2) is 11.4. The first-order valence-electron chi connectivity index (χ1n) is 12.4. The molecule has 4 heteroatoms. The number of hydrogen-bond donors (Lipinski definition) is 2. The highest BCUT2D eigenvalue weighted by molar-refractivity contribution is 6.00. The molecular formula is C30H36N2O2. The Morgan fingerprint density at radius 1 is 0.794 bits per heavy atom. The molecule has 1 saturated heterocycles. The molecular weight excluding hydrogens is 420 g/mol. The summed E-state index contributed by atoms with van der Waals surface area (Å²) in [6.45, 7) is 8.89. The second-order valence-corrected chi connectivity index (χ2v) is 9.23. The number of aliphatic hydroxyl groups is 1. The van der Waals surface area contributed by atoms with E-state index in [1.807, 2.05) is 36.4 Å². The Labute approximate surface area is 203 Å². The van der Waals surface area contributed by atoms with Crippen LogP contribution in [0.15, 0.2) is 78.9 Å². The Balaban J connectivity index is 1.74. The van der Waals surface area contributed by atoms with E-state index in [0.29, 0.717) is 12.5 Å². The number of hydrogen-bond acceptors (Lipinski definition) is 4. The van der Waals surface area contributed by atoms with Crippen molar-refractivity contribution in [3.8, 4) is 5.75 Å². The lowest BCUT2D eigenvalue weighted by molar-refractivity contribution is 0.209. The van der Waals surface area contributed by atoms with Crippen molar-refractivity contribution in [2.75, 3.05) is 37.7 Å². The maximum Gasteiger partial charge on any atom is 0.123 e. The van der Waals surface area contributed by atoms with Gasteiger partial charge in [0.1, 0.15) is 5.75 Å². The van der Waals surface area contributed by atoms with E-state index in [1.165, 1.54) is 5.69 Å². The van der Waals surface area contributed by atoms with Crippen LogP contribution in [0, 0.1) is 0 Å². The number of aliphatic hydroxyl groups excluding tert-OH is 1. The molecule has 2 N–H and O–H groups in total. The van der Waals surface area contributed by atoms with Gasteiger partial charge >= 0.3 is 0 Å². The number of nitrogens with zero attached hydrogens (tertiary/aromatic N) is 2. The molecule has 34 heavy (non-hydrogen) atoms. The average Bonchev–Trinajstić information content (AvgIpc) is 2.88. The first-order chi connectivity index (χ1) is 16.6. The van der Waals surface area contributed by atoms with Gasteiger partial charge in [0.25, 0.3) is 0 Å². The Morgan fingerprint density at radius 3 is 2.06 bits per heavy atom. The minimum absolute atomic E-state index is 0.131. The lowest BCUT2D eigenvalue weighted by Gasteiger charge is -2.38. The van der Waals surface area contributed by atoms with Gasteiger partial charge in [0.05, 0.1) is 0 Å². The van der Waals surface area contributed by atoms with Crippen molar-refractivity contribution in [1.82, 2.24) is 4.90 Å². The van der Waals surface area contributed by atoms with E-state index in [2.05, 4.69) is 60.0 Å². The second-order valence-electron chi connectivity index (χ2n) is 9.23. The highest BCUT2D eigenvalue weighted by atomic mass is 16.3. The van der Waals surface area contributed by atoms with Crippen molar-refractivity contribution in [2.24, 2.45) is 0 Å². The Hall–Kier alpha value is -3.08. The van der Waals surface area contributed by atoms with Gasteiger partial charge in [0.2, 0.25) is 0 Å². The lowest BCUT2D eigenvalue weighted by atomic mass is 9.87. The van der Waals surface area contributed by atoms with Crippen LogP contribution in [-0.4, -0.2) is 53.9 Å². The molecule has 178 valence electrons. The van der Waals surface area contributed by atoms with Gasteiger partial charge in [0.15, 0.2) is 0 Å². The molecule has 1 heterocycles. The summed E-state index contributed by atoms with van der Waals surface area (Å²) in [7, 11) is 0. The molecule has 0 saturated carbocycles. The van der Waals surface area contributed by atoms with Crippen molar-refractivity contribution in [2.45, 2.75) is 32.7 Å². The van der Waals surface area contributed by atoms with E-state index in [9.17, 15) is 10.2 Å². The zero-order valence-corrected chi connectivity index (χ0v) is 20.3. The van der Waals surface area contributed by atoms with Gasteiger partial charge in [-0.05, 0) is 67.2 Å². The van der Waals surface area contributed by atoms with Gasteiger partial charge in [-0.2, -0.15) is 0 Å². The van der Waals surface area contributed by atoms with Gasteiger partial charge in [0, 0.05) is 50.1 Å². The molecule has 0 radical (unpaired) electrons. The maximum absolute atomic E-state index is 10.8. The fourth-order valence-corrected chi connectivity index (χ4v) is 4.82. The smallest absolute Gasteiger partial charge is 0.123 e. The number of anilines is 1. The van der Waals surface area contributed by atoms with E-state index in [4.69, 9.17) is 0 Å². The average molecular weight is 457 g/mol. The molecule has 0 atom stereocenters. The van der Waals surface area contributed by atoms with Crippen molar-refractivity contribution in [3.63, 3.8) is 0 Å².